The van der Waals surface area contributed by atoms with Gasteiger partial charge in [-0.15, -0.1) is 11.3 Å². The molecule has 1 nitrogen and oxygen atoms in total. The van der Waals surface area contributed by atoms with Gasteiger partial charge in [0.25, 0.3) is 0 Å². The molecule has 0 N–H and O–H groups in total. The number of thiophene rings is 1. The first-order chi connectivity index (χ1) is 5.73. The quantitative estimate of drug-likeness (QED) is 0.699. The van der Waals surface area contributed by atoms with Crippen molar-refractivity contribution in [2.45, 2.75) is 26.2 Å². The molecule has 0 saturated heterocycles. The highest BCUT2D eigenvalue weighted by Gasteiger charge is 2.47. The number of hydrogen-bond acceptors (Lipinski definition) is 2. The van der Waals surface area contributed by atoms with E-state index in [1.54, 1.807) is 18.3 Å². The standard InChI is InChI=1S/C10H12OS/c1-8(11)10(4-5-10)7-9-3-2-6-12-9/h2-3,6H,4-5,7H2,1H3. The van der Waals surface area contributed by atoms with Gasteiger partial charge < -0.3 is 0 Å². The maximum atomic E-state index is 11.3. The van der Waals surface area contributed by atoms with Crippen LogP contribution in [0.3, 0.4) is 0 Å². The molecule has 1 aliphatic rings. The molecule has 1 aromatic heterocycles. The number of ketones is 1. The summed E-state index contributed by atoms with van der Waals surface area (Å²) in [6.07, 6.45) is 3.17. The summed E-state index contributed by atoms with van der Waals surface area (Å²) in [7, 11) is 0. The van der Waals surface area contributed by atoms with Crippen LogP contribution in [0.5, 0.6) is 0 Å². The summed E-state index contributed by atoms with van der Waals surface area (Å²) in [6.45, 7) is 1.72. The normalized spacial score (nSPS) is 19.1. The van der Waals surface area contributed by atoms with Crippen LogP contribution in [0.25, 0.3) is 0 Å². The summed E-state index contributed by atoms with van der Waals surface area (Å²) in [4.78, 5) is 12.6. The average Bonchev–Trinajstić information content (AvgIpc) is 2.60. The van der Waals surface area contributed by atoms with E-state index in [9.17, 15) is 4.79 Å². The fraction of sp³-hybridized carbons (Fsp3) is 0.500. The highest BCUT2D eigenvalue weighted by Crippen LogP contribution is 2.49. The summed E-state index contributed by atoms with van der Waals surface area (Å²) in [6, 6.07) is 4.17. The summed E-state index contributed by atoms with van der Waals surface area (Å²) >= 11 is 1.75. The SMILES string of the molecule is CC(=O)C1(Cc2cccs2)CC1. The topological polar surface area (TPSA) is 17.1 Å². The van der Waals surface area contributed by atoms with Gasteiger partial charge in [0, 0.05) is 10.3 Å². The molecule has 0 unspecified atom stereocenters. The molecule has 0 aliphatic heterocycles. The van der Waals surface area contributed by atoms with Crippen LogP contribution in [0.15, 0.2) is 17.5 Å². The lowest BCUT2D eigenvalue weighted by Crippen LogP contribution is -2.14. The molecule has 0 radical (unpaired) electrons. The van der Waals surface area contributed by atoms with E-state index in [2.05, 4.69) is 17.5 Å². The number of carbonyl (C=O) groups excluding carboxylic acids is 1. The van der Waals surface area contributed by atoms with Crippen molar-refractivity contribution >= 4 is 17.1 Å². The van der Waals surface area contributed by atoms with Crippen molar-refractivity contribution in [1.82, 2.24) is 0 Å². The maximum Gasteiger partial charge on any atom is 0.136 e. The minimum absolute atomic E-state index is 0.0465. The van der Waals surface area contributed by atoms with E-state index >= 15 is 0 Å². The van der Waals surface area contributed by atoms with Gasteiger partial charge in [0.05, 0.1) is 0 Å². The largest absolute Gasteiger partial charge is 0.299 e. The van der Waals surface area contributed by atoms with Crippen molar-refractivity contribution < 1.29 is 4.79 Å². The molecule has 2 rings (SSSR count). The van der Waals surface area contributed by atoms with Crippen molar-refractivity contribution in [3.05, 3.63) is 22.4 Å². The Labute approximate surface area is 76.4 Å². The number of rotatable bonds is 3. The molecule has 0 spiro atoms. The molecule has 64 valence electrons. The van der Waals surface area contributed by atoms with Gasteiger partial charge in [-0.1, -0.05) is 6.07 Å². The molecular formula is C10H12OS. The van der Waals surface area contributed by atoms with Gasteiger partial charge in [-0.3, -0.25) is 4.79 Å². The lowest BCUT2D eigenvalue weighted by atomic mass is 9.97. The van der Waals surface area contributed by atoms with Crippen LogP contribution < -0.4 is 0 Å². The van der Waals surface area contributed by atoms with Gasteiger partial charge in [0.1, 0.15) is 5.78 Å². The maximum absolute atomic E-state index is 11.3. The van der Waals surface area contributed by atoms with E-state index in [0.29, 0.717) is 5.78 Å². The summed E-state index contributed by atoms with van der Waals surface area (Å²) < 4.78 is 0. The Morgan fingerprint density at radius 1 is 1.67 bits per heavy atom. The molecule has 1 fully saturated rings. The third kappa shape index (κ3) is 1.31. The molecule has 2 heteroatoms. The smallest absolute Gasteiger partial charge is 0.136 e. The monoisotopic (exact) mass is 180 g/mol. The lowest BCUT2D eigenvalue weighted by molar-refractivity contribution is -0.121. The van der Waals surface area contributed by atoms with Gasteiger partial charge in [0.2, 0.25) is 0 Å². The van der Waals surface area contributed by atoms with Crippen molar-refractivity contribution in [1.29, 1.82) is 0 Å². The van der Waals surface area contributed by atoms with Crippen LogP contribution in [-0.2, 0) is 11.2 Å². The van der Waals surface area contributed by atoms with Crippen molar-refractivity contribution in [2.75, 3.05) is 0 Å². The van der Waals surface area contributed by atoms with Crippen LogP contribution in [0, 0.1) is 5.41 Å². The second kappa shape index (κ2) is 2.70. The van der Waals surface area contributed by atoms with Crippen molar-refractivity contribution in [2.24, 2.45) is 5.41 Å². The van der Waals surface area contributed by atoms with Gasteiger partial charge in [-0.2, -0.15) is 0 Å². The van der Waals surface area contributed by atoms with E-state index in [-0.39, 0.29) is 5.41 Å². The molecular weight excluding hydrogens is 168 g/mol. The van der Waals surface area contributed by atoms with Gasteiger partial charge in [0.15, 0.2) is 0 Å². The fourth-order valence-corrected chi connectivity index (χ4v) is 2.40. The van der Waals surface area contributed by atoms with E-state index in [4.69, 9.17) is 0 Å². The molecule has 0 atom stereocenters. The molecule has 0 bridgehead atoms. The van der Waals surface area contributed by atoms with Gasteiger partial charge in [-0.05, 0) is 37.6 Å². The molecule has 1 aromatic rings. The molecule has 1 saturated carbocycles. The Bertz CT molecular complexity index is 283. The predicted octanol–water partition coefficient (Wildman–Crippen LogP) is 2.66. The van der Waals surface area contributed by atoms with E-state index < -0.39 is 0 Å². The second-order valence-electron chi connectivity index (χ2n) is 3.59. The van der Waals surface area contributed by atoms with Crippen LogP contribution in [0.4, 0.5) is 0 Å². The van der Waals surface area contributed by atoms with E-state index in [1.165, 1.54) is 4.88 Å². The molecule has 0 aromatic carbocycles. The zero-order valence-electron chi connectivity index (χ0n) is 7.17. The first-order valence-corrected chi connectivity index (χ1v) is 5.14. The van der Waals surface area contributed by atoms with Gasteiger partial charge in [-0.25, -0.2) is 0 Å². The predicted molar refractivity (Wildman–Crippen MR) is 50.4 cm³/mol. The van der Waals surface area contributed by atoms with E-state index in [1.807, 2.05) is 0 Å². The van der Waals surface area contributed by atoms with Gasteiger partial charge >= 0.3 is 0 Å². The first-order valence-electron chi connectivity index (χ1n) is 4.26. The highest BCUT2D eigenvalue weighted by atomic mass is 32.1. The second-order valence-corrected chi connectivity index (χ2v) is 4.62. The van der Waals surface area contributed by atoms with Crippen LogP contribution >= 0.6 is 11.3 Å². The lowest BCUT2D eigenvalue weighted by Gasteiger charge is -2.08. The third-order valence-electron chi connectivity index (χ3n) is 2.69. The zero-order chi connectivity index (χ0) is 8.60. The minimum atomic E-state index is 0.0465. The Morgan fingerprint density at radius 3 is 2.83 bits per heavy atom. The Balaban J connectivity index is 2.09. The highest BCUT2D eigenvalue weighted by molar-refractivity contribution is 7.09. The van der Waals surface area contributed by atoms with E-state index in [0.717, 1.165) is 19.3 Å². The summed E-state index contributed by atoms with van der Waals surface area (Å²) in [5.41, 5.74) is 0.0465. The van der Waals surface area contributed by atoms with Crippen molar-refractivity contribution in [3.63, 3.8) is 0 Å². The zero-order valence-corrected chi connectivity index (χ0v) is 7.99. The Kier molecular flexibility index (Phi) is 1.80. The molecule has 1 heterocycles. The third-order valence-corrected chi connectivity index (χ3v) is 3.57. The molecule has 12 heavy (non-hydrogen) atoms. The number of carbonyl (C=O) groups is 1. The van der Waals surface area contributed by atoms with Crippen molar-refractivity contribution in [3.8, 4) is 0 Å². The summed E-state index contributed by atoms with van der Waals surface area (Å²) in [5, 5.41) is 2.07. The fourth-order valence-electron chi connectivity index (χ4n) is 1.55. The summed E-state index contributed by atoms with van der Waals surface area (Å²) in [5.74, 6) is 0.371. The molecule has 1 aliphatic carbocycles. The number of Topliss-reactive ketones (excluding diaryl/α,β-unsaturated/α-hetero) is 1. The Morgan fingerprint density at radius 2 is 2.42 bits per heavy atom. The van der Waals surface area contributed by atoms with Crippen LogP contribution in [0.2, 0.25) is 0 Å². The minimum Gasteiger partial charge on any atom is -0.299 e. The number of hydrogen-bond donors (Lipinski definition) is 0. The molecule has 0 amide bonds. The van der Waals surface area contributed by atoms with Crippen LogP contribution in [-0.4, -0.2) is 5.78 Å². The van der Waals surface area contributed by atoms with Crippen LogP contribution in [0.1, 0.15) is 24.6 Å². The Hall–Kier alpha value is -0.630. The average molecular weight is 180 g/mol. The first kappa shape index (κ1) is 7.99.